The van der Waals surface area contributed by atoms with Crippen LogP contribution in [0.3, 0.4) is 0 Å². The lowest BCUT2D eigenvalue weighted by Gasteiger charge is -2.34. The van der Waals surface area contributed by atoms with Crippen LogP contribution in [0.15, 0.2) is 0 Å². The third kappa shape index (κ3) is 8.44. The Morgan fingerprint density at radius 1 is 1.00 bits per heavy atom. The SMILES string of the molecule is CC(C)NCCCCN1CCN(CC(F)(F)F)CC1. The van der Waals surface area contributed by atoms with Crippen molar-refractivity contribution >= 4 is 0 Å². The van der Waals surface area contributed by atoms with E-state index in [1.807, 2.05) is 0 Å². The average Bonchev–Trinajstić information content (AvgIpc) is 2.28. The summed E-state index contributed by atoms with van der Waals surface area (Å²) in [5.41, 5.74) is 0. The number of alkyl halides is 3. The van der Waals surface area contributed by atoms with Crippen molar-refractivity contribution in [1.29, 1.82) is 0 Å². The van der Waals surface area contributed by atoms with Gasteiger partial charge in [0, 0.05) is 32.2 Å². The average molecular weight is 281 g/mol. The summed E-state index contributed by atoms with van der Waals surface area (Å²) in [4.78, 5) is 3.76. The van der Waals surface area contributed by atoms with E-state index in [9.17, 15) is 13.2 Å². The molecule has 6 heteroatoms. The molecule has 1 rings (SSSR count). The first kappa shape index (κ1) is 16.7. The highest BCUT2D eigenvalue weighted by molar-refractivity contribution is 4.74. The third-order valence-corrected chi connectivity index (χ3v) is 3.32. The van der Waals surface area contributed by atoms with Gasteiger partial charge in [-0.3, -0.25) is 4.90 Å². The van der Waals surface area contributed by atoms with Crippen molar-refractivity contribution in [3.63, 3.8) is 0 Å². The van der Waals surface area contributed by atoms with Gasteiger partial charge in [0.15, 0.2) is 0 Å². The topological polar surface area (TPSA) is 18.5 Å². The highest BCUT2D eigenvalue weighted by atomic mass is 19.4. The molecule has 0 aromatic heterocycles. The lowest BCUT2D eigenvalue weighted by molar-refractivity contribution is -0.149. The van der Waals surface area contributed by atoms with Gasteiger partial charge in [0.25, 0.3) is 0 Å². The predicted octanol–water partition coefficient (Wildman–Crippen LogP) is 1.94. The summed E-state index contributed by atoms with van der Waals surface area (Å²) in [5.74, 6) is 0. The molecule has 0 aromatic carbocycles. The standard InChI is InChI=1S/C13H26F3N3/c1-12(2)17-5-3-4-6-18-7-9-19(10-8-18)11-13(14,15)16/h12,17H,3-11H2,1-2H3. The Bertz CT molecular complexity index is 236. The Balaban J connectivity index is 2.04. The van der Waals surface area contributed by atoms with E-state index >= 15 is 0 Å². The number of halogens is 3. The summed E-state index contributed by atoms with van der Waals surface area (Å²) in [6, 6.07) is 0.519. The molecule has 0 bridgehead atoms. The molecular formula is C13H26F3N3. The minimum absolute atomic E-state index is 0.519. The molecule has 0 saturated carbocycles. The molecule has 1 saturated heterocycles. The molecule has 1 heterocycles. The lowest BCUT2D eigenvalue weighted by Crippen LogP contribution is -2.49. The van der Waals surface area contributed by atoms with Gasteiger partial charge in [0.2, 0.25) is 0 Å². The van der Waals surface area contributed by atoms with E-state index in [1.54, 1.807) is 0 Å². The fourth-order valence-electron chi connectivity index (χ4n) is 2.28. The zero-order valence-corrected chi connectivity index (χ0v) is 12.0. The summed E-state index contributed by atoms with van der Waals surface area (Å²) >= 11 is 0. The molecule has 0 unspecified atom stereocenters. The molecule has 1 fully saturated rings. The molecule has 0 radical (unpaired) electrons. The number of nitrogens with zero attached hydrogens (tertiary/aromatic N) is 2. The normalized spacial score (nSPS) is 19.3. The molecule has 0 atom stereocenters. The van der Waals surface area contributed by atoms with E-state index in [1.165, 1.54) is 4.90 Å². The third-order valence-electron chi connectivity index (χ3n) is 3.32. The van der Waals surface area contributed by atoms with Crippen LogP contribution in [-0.2, 0) is 0 Å². The van der Waals surface area contributed by atoms with Crippen molar-refractivity contribution in [3.8, 4) is 0 Å². The molecular weight excluding hydrogens is 255 g/mol. The fraction of sp³-hybridized carbons (Fsp3) is 1.00. The number of hydrogen-bond donors (Lipinski definition) is 1. The molecule has 1 N–H and O–H groups in total. The van der Waals surface area contributed by atoms with E-state index < -0.39 is 12.7 Å². The van der Waals surface area contributed by atoms with Crippen molar-refractivity contribution in [2.45, 2.75) is 38.9 Å². The number of rotatable bonds is 7. The molecule has 1 aliphatic heterocycles. The monoisotopic (exact) mass is 281 g/mol. The molecule has 0 aromatic rings. The Hall–Kier alpha value is -0.330. The summed E-state index contributed by atoms with van der Waals surface area (Å²) in [5, 5.41) is 3.36. The molecule has 114 valence electrons. The molecule has 3 nitrogen and oxygen atoms in total. The maximum Gasteiger partial charge on any atom is 0.401 e. The Kier molecular flexibility index (Phi) is 7.10. The zero-order valence-electron chi connectivity index (χ0n) is 12.0. The zero-order chi connectivity index (χ0) is 14.3. The number of nitrogens with one attached hydrogen (secondary N) is 1. The minimum atomic E-state index is -4.06. The quantitative estimate of drug-likeness (QED) is 0.720. The number of piperazine rings is 1. The van der Waals surface area contributed by atoms with E-state index in [-0.39, 0.29) is 0 Å². The first-order chi connectivity index (χ1) is 8.87. The van der Waals surface area contributed by atoms with Crippen molar-refractivity contribution in [2.24, 2.45) is 0 Å². The van der Waals surface area contributed by atoms with Gasteiger partial charge >= 0.3 is 6.18 Å². The van der Waals surface area contributed by atoms with Crippen LogP contribution in [0.5, 0.6) is 0 Å². The largest absolute Gasteiger partial charge is 0.401 e. The summed E-state index contributed by atoms with van der Waals surface area (Å²) in [6.07, 6.45) is -1.83. The van der Waals surface area contributed by atoms with Crippen LogP contribution in [0, 0.1) is 0 Å². The van der Waals surface area contributed by atoms with Crippen LogP contribution in [-0.4, -0.2) is 67.8 Å². The van der Waals surface area contributed by atoms with Crippen LogP contribution in [0.25, 0.3) is 0 Å². The predicted molar refractivity (Wildman–Crippen MR) is 71.3 cm³/mol. The van der Waals surface area contributed by atoms with E-state index in [0.717, 1.165) is 39.0 Å². The van der Waals surface area contributed by atoms with Crippen molar-refractivity contribution in [2.75, 3.05) is 45.8 Å². The van der Waals surface area contributed by atoms with E-state index in [4.69, 9.17) is 0 Å². The number of hydrogen-bond acceptors (Lipinski definition) is 3. The minimum Gasteiger partial charge on any atom is -0.315 e. The van der Waals surface area contributed by atoms with E-state index in [2.05, 4.69) is 24.1 Å². The van der Waals surface area contributed by atoms with Crippen molar-refractivity contribution in [3.05, 3.63) is 0 Å². The van der Waals surface area contributed by atoms with Gasteiger partial charge in [-0.05, 0) is 25.9 Å². The maximum atomic E-state index is 12.2. The second-order valence-corrected chi connectivity index (χ2v) is 5.55. The second-order valence-electron chi connectivity index (χ2n) is 5.55. The first-order valence-electron chi connectivity index (χ1n) is 7.11. The van der Waals surface area contributed by atoms with Crippen molar-refractivity contribution < 1.29 is 13.2 Å². The highest BCUT2D eigenvalue weighted by Crippen LogP contribution is 2.17. The van der Waals surface area contributed by atoms with Gasteiger partial charge in [0.05, 0.1) is 6.54 Å². The molecule has 1 aliphatic rings. The van der Waals surface area contributed by atoms with Crippen LogP contribution >= 0.6 is 0 Å². The summed E-state index contributed by atoms with van der Waals surface area (Å²) < 4.78 is 36.7. The van der Waals surface area contributed by atoms with Crippen LogP contribution in [0.1, 0.15) is 26.7 Å². The van der Waals surface area contributed by atoms with Gasteiger partial charge in [-0.1, -0.05) is 13.8 Å². The summed E-state index contributed by atoms with van der Waals surface area (Å²) in [7, 11) is 0. The Morgan fingerprint density at radius 3 is 2.11 bits per heavy atom. The first-order valence-corrected chi connectivity index (χ1v) is 7.11. The van der Waals surface area contributed by atoms with Gasteiger partial charge in [-0.25, -0.2) is 0 Å². The van der Waals surface area contributed by atoms with Gasteiger partial charge in [-0.15, -0.1) is 0 Å². The second kappa shape index (κ2) is 8.07. The number of unbranched alkanes of at least 4 members (excludes halogenated alkanes) is 1. The molecule has 0 amide bonds. The van der Waals surface area contributed by atoms with Gasteiger partial charge in [0.1, 0.15) is 0 Å². The van der Waals surface area contributed by atoms with Crippen LogP contribution in [0.2, 0.25) is 0 Å². The van der Waals surface area contributed by atoms with Crippen molar-refractivity contribution in [1.82, 2.24) is 15.1 Å². The fourth-order valence-corrected chi connectivity index (χ4v) is 2.28. The Labute approximate surface area is 114 Å². The van der Waals surface area contributed by atoms with Gasteiger partial charge < -0.3 is 10.2 Å². The highest BCUT2D eigenvalue weighted by Gasteiger charge is 2.31. The molecule has 0 aliphatic carbocycles. The Morgan fingerprint density at radius 2 is 1.58 bits per heavy atom. The molecule has 0 spiro atoms. The van der Waals surface area contributed by atoms with Gasteiger partial charge in [-0.2, -0.15) is 13.2 Å². The molecule has 19 heavy (non-hydrogen) atoms. The summed E-state index contributed by atoms with van der Waals surface area (Å²) in [6.45, 7) is 8.08. The van der Waals surface area contributed by atoms with Crippen LogP contribution < -0.4 is 5.32 Å². The van der Waals surface area contributed by atoms with Crippen LogP contribution in [0.4, 0.5) is 13.2 Å². The van der Waals surface area contributed by atoms with E-state index in [0.29, 0.717) is 19.1 Å². The lowest BCUT2D eigenvalue weighted by atomic mass is 10.2. The smallest absolute Gasteiger partial charge is 0.315 e. The maximum absolute atomic E-state index is 12.2.